The molecular formula is C21H23N3O. The monoisotopic (exact) mass is 333 g/mol. The summed E-state index contributed by atoms with van der Waals surface area (Å²) in [4.78, 5) is 2.18. The summed E-state index contributed by atoms with van der Waals surface area (Å²) in [6.07, 6.45) is 5.45. The van der Waals surface area contributed by atoms with Crippen LogP contribution in [0.15, 0.2) is 54.6 Å². The predicted molar refractivity (Wildman–Crippen MR) is 103 cm³/mol. The fourth-order valence-corrected chi connectivity index (χ4v) is 3.05. The van der Waals surface area contributed by atoms with Crippen molar-refractivity contribution in [1.29, 1.82) is 5.26 Å². The first-order valence-corrected chi connectivity index (χ1v) is 8.69. The number of piperidine rings is 1. The van der Waals surface area contributed by atoms with E-state index in [0.717, 1.165) is 37.3 Å². The van der Waals surface area contributed by atoms with Crippen LogP contribution in [0, 0.1) is 11.3 Å². The molecule has 0 aliphatic carbocycles. The summed E-state index contributed by atoms with van der Waals surface area (Å²) in [6.45, 7) is 2.29. The first-order valence-electron chi connectivity index (χ1n) is 8.69. The Balaban J connectivity index is 1.61. The molecule has 1 saturated heterocycles. The van der Waals surface area contributed by atoms with Gasteiger partial charge in [0.1, 0.15) is 6.07 Å². The molecule has 0 bridgehead atoms. The summed E-state index contributed by atoms with van der Waals surface area (Å²) >= 11 is 0. The van der Waals surface area contributed by atoms with Crippen LogP contribution in [0.5, 0.6) is 0 Å². The number of anilines is 2. The van der Waals surface area contributed by atoms with E-state index in [-0.39, 0.29) is 6.10 Å². The molecule has 4 nitrogen and oxygen atoms in total. The number of hydrogen-bond donors (Lipinski definition) is 2. The van der Waals surface area contributed by atoms with Gasteiger partial charge in [0, 0.05) is 25.3 Å². The van der Waals surface area contributed by atoms with E-state index in [0.29, 0.717) is 12.1 Å². The smallest absolute Gasteiger partial charge is 0.101 e. The molecule has 1 fully saturated rings. The zero-order chi connectivity index (χ0) is 17.5. The van der Waals surface area contributed by atoms with Crippen LogP contribution in [0.4, 0.5) is 11.4 Å². The molecule has 0 spiro atoms. The van der Waals surface area contributed by atoms with Gasteiger partial charge in [0.25, 0.3) is 0 Å². The van der Waals surface area contributed by atoms with E-state index in [1.165, 1.54) is 5.56 Å². The number of nitrogens with one attached hydrogen (secondary N) is 1. The maximum atomic E-state index is 9.64. The Morgan fingerprint density at radius 1 is 1.16 bits per heavy atom. The normalized spacial score (nSPS) is 15.3. The predicted octanol–water partition coefficient (Wildman–Crippen LogP) is 3.64. The Kier molecular flexibility index (Phi) is 5.71. The van der Waals surface area contributed by atoms with E-state index in [4.69, 9.17) is 0 Å². The van der Waals surface area contributed by atoms with E-state index < -0.39 is 0 Å². The summed E-state index contributed by atoms with van der Waals surface area (Å²) in [5.41, 5.74) is 3.74. The number of aliphatic hydroxyl groups is 1. The summed E-state index contributed by atoms with van der Waals surface area (Å²) in [5.74, 6) is 0. The number of nitriles is 1. The van der Waals surface area contributed by atoms with Crippen LogP contribution in [0.25, 0.3) is 6.08 Å². The highest BCUT2D eigenvalue weighted by molar-refractivity contribution is 5.66. The second-order valence-electron chi connectivity index (χ2n) is 6.26. The van der Waals surface area contributed by atoms with Crippen molar-refractivity contribution in [1.82, 2.24) is 0 Å². The molecule has 128 valence electrons. The van der Waals surface area contributed by atoms with E-state index in [2.05, 4.69) is 40.6 Å². The molecule has 0 amide bonds. The maximum Gasteiger partial charge on any atom is 0.101 e. The molecule has 1 heterocycles. The zero-order valence-corrected chi connectivity index (χ0v) is 14.2. The Morgan fingerprint density at radius 2 is 1.92 bits per heavy atom. The van der Waals surface area contributed by atoms with Crippen LogP contribution >= 0.6 is 0 Å². The van der Waals surface area contributed by atoms with Gasteiger partial charge in [0.05, 0.1) is 17.4 Å². The van der Waals surface area contributed by atoms with Gasteiger partial charge >= 0.3 is 0 Å². The van der Waals surface area contributed by atoms with Gasteiger partial charge in [-0.05, 0) is 36.6 Å². The van der Waals surface area contributed by atoms with Crippen molar-refractivity contribution in [3.8, 4) is 6.07 Å². The Labute approximate surface area is 149 Å². The minimum Gasteiger partial charge on any atom is -0.393 e. The molecule has 4 heteroatoms. The molecule has 0 aromatic heterocycles. The molecular weight excluding hydrogens is 310 g/mol. The third kappa shape index (κ3) is 4.62. The molecule has 0 saturated carbocycles. The molecule has 0 radical (unpaired) electrons. The van der Waals surface area contributed by atoms with Crippen LogP contribution in [0.2, 0.25) is 0 Å². The fourth-order valence-electron chi connectivity index (χ4n) is 3.05. The standard InChI is InChI=1S/C21H23N3O/c22-16-18-15-19(23-12-4-7-17-5-2-1-3-6-17)8-9-21(18)24-13-10-20(25)11-14-24/h1-9,15,20,23,25H,10-14H2. The lowest BCUT2D eigenvalue weighted by molar-refractivity contribution is 0.145. The summed E-state index contributed by atoms with van der Waals surface area (Å²) in [5, 5.41) is 22.4. The third-order valence-corrected chi connectivity index (χ3v) is 4.46. The van der Waals surface area contributed by atoms with Crippen LogP contribution in [-0.2, 0) is 0 Å². The van der Waals surface area contributed by atoms with E-state index in [1.54, 1.807) is 0 Å². The highest BCUT2D eigenvalue weighted by Gasteiger charge is 2.19. The molecule has 1 aliphatic heterocycles. The molecule has 3 rings (SSSR count). The van der Waals surface area contributed by atoms with Crippen molar-refractivity contribution >= 4 is 17.5 Å². The Morgan fingerprint density at radius 3 is 2.64 bits per heavy atom. The highest BCUT2D eigenvalue weighted by Crippen LogP contribution is 2.26. The molecule has 0 atom stereocenters. The largest absolute Gasteiger partial charge is 0.393 e. The second-order valence-corrected chi connectivity index (χ2v) is 6.26. The fraction of sp³-hybridized carbons (Fsp3) is 0.286. The van der Waals surface area contributed by atoms with Crippen LogP contribution in [-0.4, -0.2) is 30.8 Å². The number of rotatable bonds is 5. The van der Waals surface area contributed by atoms with Gasteiger partial charge in [0.15, 0.2) is 0 Å². The number of nitrogens with zero attached hydrogens (tertiary/aromatic N) is 2. The van der Waals surface area contributed by atoms with Crippen molar-refractivity contribution in [2.75, 3.05) is 29.9 Å². The van der Waals surface area contributed by atoms with Crippen LogP contribution < -0.4 is 10.2 Å². The Bertz CT molecular complexity index is 756. The molecule has 0 unspecified atom stereocenters. The minimum absolute atomic E-state index is 0.209. The van der Waals surface area contributed by atoms with Gasteiger partial charge < -0.3 is 15.3 Å². The van der Waals surface area contributed by atoms with Gasteiger partial charge in [-0.1, -0.05) is 42.5 Å². The molecule has 2 aromatic rings. The van der Waals surface area contributed by atoms with E-state index >= 15 is 0 Å². The highest BCUT2D eigenvalue weighted by atomic mass is 16.3. The van der Waals surface area contributed by atoms with Crippen molar-refractivity contribution in [3.05, 3.63) is 65.7 Å². The van der Waals surface area contributed by atoms with Crippen LogP contribution in [0.3, 0.4) is 0 Å². The van der Waals surface area contributed by atoms with Gasteiger partial charge in [0.2, 0.25) is 0 Å². The lowest BCUT2D eigenvalue weighted by Gasteiger charge is -2.32. The average Bonchev–Trinajstić information content (AvgIpc) is 2.67. The number of aliphatic hydroxyl groups excluding tert-OH is 1. The second kappa shape index (κ2) is 8.36. The van der Waals surface area contributed by atoms with E-state index in [9.17, 15) is 10.4 Å². The van der Waals surface area contributed by atoms with Crippen molar-refractivity contribution in [2.24, 2.45) is 0 Å². The first kappa shape index (κ1) is 17.1. The lowest BCUT2D eigenvalue weighted by atomic mass is 10.0. The van der Waals surface area contributed by atoms with Gasteiger partial charge in [-0.15, -0.1) is 0 Å². The minimum atomic E-state index is -0.209. The molecule has 25 heavy (non-hydrogen) atoms. The quantitative estimate of drug-likeness (QED) is 0.877. The average molecular weight is 333 g/mol. The molecule has 2 N–H and O–H groups in total. The van der Waals surface area contributed by atoms with Crippen molar-refractivity contribution in [3.63, 3.8) is 0 Å². The SMILES string of the molecule is N#Cc1cc(NCC=Cc2ccccc2)ccc1N1CCC(O)CC1. The maximum absolute atomic E-state index is 9.64. The summed E-state index contributed by atoms with van der Waals surface area (Å²) < 4.78 is 0. The first-order chi connectivity index (χ1) is 12.3. The lowest BCUT2D eigenvalue weighted by Crippen LogP contribution is -2.36. The summed E-state index contributed by atoms with van der Waals surface area (Å²) in [7, 11) is 0. The summed E-state index contributed by atoms with van der Waals surface area (Å²) in [6, 6.07) is 18.4. The number of hydrogen-bond acceptors (Lipinski definition) is 4. The van der Waals surface area contributed by atoms with Crippen molar-refractivity contribution < 1.29 is 5.11 Å². The topological polar surface area (TPSA) is 59.3 Å². The molecule has 1 aliphatic rings. The van der Waals surface area contributed by atoms with Gasteiger partial charge in [-0.25, -0.2) is 0 Å². The number of benzene rings is 2. The van der Waals surface area contributed by atoms with E-state index in [1.807, 2.05) is 36.4 Å². The van der Waals surface area contributed by atoms with Crippen LogP contribution in [0.1, 0.15) is 24.0 Å². The van der Waals surface area contributed by atoms with Crippen molar-refractivity contribution in [2.45, 2.75) is 18.9 Å². The Hall–Kier alpha value is -2.77. The zero-order valence-electron chi connectivity index (χ0n) is 14.2. The van der Waals surface area contributed by atoms with Gasteiger partial charge in [-0.3, -0.25) is 0 Å². The van der Waals surface area contributed by atoms with Gasteiger partial charge in [-0.2, -0.15) is 5.26 Å². The molecule has 2 aromatic carbocycles. The third-order valence-electron chi connectivity index (χ3n) is 4.46.